The van der Waals surface area contributed by atoms with Gasteiger partial charge in [0.1, 0.15) is 5.75 Å². The summed E-state index contributed by atoms with van der Waals surface area (Å²) >= 11 is 5.94. The Morgan fingerprint density at radius 2 is 1.95 bits per heavy atom. The molecule has 0 fully saturated rings. The van der Waals surface area contributed by atoms with E-state index in [0.717, 1.165) is 11.6 Å². The zero-order chi connectivity index (χ0) is 14.0. The highest BCUT2D eigenvalue weighted by molar-refractivity contribution is 6.32. The third-order valence-electron chi connectivity index (χ3n) is 2.49. The van der Waals surface area contributed by atoms with Crippen molar-refractivity contribution in [3.8, 4) is 11.5 Å². The van der Waals surface area contributed by atoms with E-state index >= 15 is 0 Å². The molecule has 0 atom stereocenters. The number of carbonyl (C=O) groups is 1. The van der Waals surface area contributed by atoms with Crippen LogP contribution in [0.1, 0.15) is 15.9 Å². The maximum absolute atomic E-state index is 13.7. The molecule has 0 bridgehead atoms. The Labute approximate surface area is 114 Å². The highest BCUT2D eigenvalue weighted by Crippen LogP contribution is 2.31. The molecule has 0 aliphatic heterocycles. The van der Waals surface area contributed by atoms with Crippen molar-refractivity contribution >= 4 is 17.6 Å². The summed E-state index contributed by atoms with van der Waals surface area (Å²) in [7, 11) is 0. The Morgan fingerprint density at radius 1 is 1.21 bits per heavy atom. The van der Waals surface area contributed by atoms with Crippen molar-refractivity contribution in [2.24, 2.45) is 0 Å². The summed E-state index contributed by atoms with van der Waals surface area (Å²) in [6.45, 7) is 1.85. The molecule has 98 valence electrons. The Kier molecular flexibility index (Phi) is 3.71. The zero-order valence-corrected chi connectivity index (χ0v) is 10.7. The lowest BCUT2D eigenvalue weighted by Crippen LogP contribution is -1.98. The molecule has 0 saturated heterocycles. The molecule has 0 heterocycles. The van der Waals surface area contributed by atoms with Crippen LogP contribution in [-0.4, -0.2) is 11.1 Å². The highest BCUT2D eigenvalue weighted by Gasteiger charge is 2.11. The molecule has 0 aliphatic rings. The van der Waals surface area contributed by atoms with E-state index in [2.05, 4.69) is 0 Å². The topological polar surface area (TPSA) is 46.5 Å². The third kappa shape index (κ3) is 3.03. The molecule has 1 N–H and O–H groups in total. The van der Waals surface area contributed by atoms with Crippen LogP contribution >= 0.6 is 11.6 Å². The molecule has 0 amide bonds. The van der Waals surface area contributed by atoms with Crippen LogP contribution in [0.4, 0.5) is 4.39 Å². The van der Waals surface area contributed by atoms with Crippen LogP contribution in [0.15, 0.2) is 36.4 Å². The largest absolute Gasteiger partial charge is 0.478 e. The minimum atomic E-state index is -1.20. The van der Waals surface area contributed by atoms with Crippen molar-refractivity contribution in [1.29, 1.82) is 0 Å². The molecule has 19 heavy (non-hydrogen) atoms. The first-order valence-corrected chi connectivity index (χ1v) is 5.82. The highest BCUT2D eigenvalue weighted by atomic mass is 35.5. The van der Waals surface area contributed by atoms with Gasteiger partial charge in [0.2, 0.25) is 0 Å². The lowest BCUT2D eigenvalue weighted by atomic mass is 10.2. The first-order chi connectivity index (χ1) is 8.97. The van der Waals surface area contributed by atoms with E-state index in [9.17, 15) is 9.18 Å². The van der Waals surface area contributed by atoms with E-state index in [1.54, 1.807) is 18.2 Å². The molecule has 2 rings (SSSR count). The molecule has 0 saturated carbocycles. The predicted molar refractivity (Wildman–Crippen MR) is 69.6 cm³/mol. The van der Waals surface area contributed by atoms with Crippen molar-refractivity contribution in [1.82, 2.24) is 0 Å². The number of carboxylic acid groups (broad SMARTS) is 1. The number of ether oxygens (including phenoxy) is 1. The van der Waals surface area contributed by atoms with Crippen molar-refractivity contribution in [2.45, 2.75) is 6.92 Å². The molecule has 2 aromatic rings. The van der Waals surface area contributed by atoms with Gasteiger partial charge in [-0.2, -0.15) is 0 Å². The van der Waals surface area contributed by atoms with E-state index in [1.165, 1.54) is 12.1 Å². The maximum Gasteiger partial charge on any atom is 0.335 e. The van der Waals surface area contributed by atoms with Crippen molar-refractivity contribution in [3.05, 3.63) is 58.4 Å². The number of benzene rings is 2. The fourth-order valence-electron chi connectivity index (χ4n) is 1.52. The number of rotatable bonds is 3. The summed E-state index contributed by atoms with van der Waals surface area (Å²) in [5, 5.41) is 9.10. The van der Waals surface area contributed by atoms with Crippen molar-refractivity contribution in [3.63, 3.8) is 0 Å². The predicted octanol–water partition coefficient (Wildman–Crippen LogP) is 4.28. The molecule has 0 aromatic heterocycles. The van der Waals surface area contributed by atoms with E-state index < -0.39 is 11.8 Å². The lowest BCUT2D eigenvalue weighted by Gasteiger charge is -2.09. The number of aryl methyl sites for hydroxylation is 1. The third-order valence-corrected chi connectivity index (χ3v) is 2.80. The Balaban J connectivity index is 2.33. The number of aromatic carboxylic acids is 1. The standard InChI is InChI=1S/C14H10ClFO3/c1-8-2-4-10(15)13(6-8)19-12-5-3-9(14(17)18)7-11(12)16/h2-7H,1H3,(H,17,18). The summed E-state index contributed by atoms with van der Waals surface area (Å²) in [6, 6.07) is 8.56. The van der Waals surface area contributed by atoms with Crippen LogP contribution < -0.4 is 4.74 Å². The monoisotopic (exact) mass is 280 g/mol. The van der Waals surface area contributed by atoms with Gasteiger partial charge in [0.05, 0.1) is 10.6 Å². The Bertz CT molecular complexity index is 641. The van der Waals surface area contributed by atoms with Gasteiger partial charge in [0, 0.05) is 0 Å². The van der Waals surface area contributed by atoms with Crippen LogP contribution in [-0.2, 0) is 0 Å². The number of carboxylic acids is 1. The van der Waals surface area contributed by atoms with E-state index in [0.29, 0.717) is 10.8 Å². The molecule has 3 nitrogen and oxygen atoms in total. The zero-order valence-electron chi connectivity index (χ0n) is 9.98. The minimum Gasteiger partial charge on any atom is -0.478 e. The lowest BCUT2D eigenvalue weighted by molar-refractivity contribution is 0.0696. The average molecular weight is 281 g/mol. The second kappa shape index (κ2) is 5.28. The van der Waals surface area contributed by atoms with E-state index in [4.69, 9.17) is 21.4 Å². The summed E-state index contributed by atoms with van der Waals surface area (Å²) in [6.07, 6.45) is 0. The molecule has 5 heteroatoms. The van der Waals surface area contributed by atoms with Crippen LogP contribution in [0.2, 0.25) is 5.02 Å². The van der Waals surface area contributed by atoms with Gasteiger partial charge < -0.3 is 9.84 Å². The molecule has 0 radical (unpaired) electrons. The van der Waals surface area contributed by atoms with Gasteiger partial charge >= 0.3 is 5.97 Å². The molecule has 0 aliphatic carbocycles. The minimum absolute atomic E-state index is 0.0718. The van der Waals surface area contributed by atoms with Gasteiger partial charge in [-0.3, -0.25) is 0 Å². The summed E-state index contributed by atoms with van der Waals surface area (Å²) < 4.78 is 19.1. The number of hydrogen-bond acceptors (Lipinski definition) is 2. The normalized spacial score (nSPS) is 10.3. The molecular weight excluding hydrogens is 271 g/mol. The fraction of sp³-hybridized carbons (Fsp3) is 0.0714. The van der Waals surface area contributed by atoms with Gasteiger partial charge in [-0.15, -0.1) is 0 Å². The summed E-state index contributed by atoms with van der Waals surface area (Å²) in [4.78, 5) is 10.7. The van der Waals surface area contributed by atoms with Crippen LogP contribution in [0.5, 0.6) is 11.5 Å². The fourth-order valence-corrected chi connectivity index (χ4v) is 1.68. The second-order valence-corrected chi connectivity index (χ2v) is 4.39. The molecule has 2 aromatic carbocycles. The molecule has 0 spiro atoms. The van der Waals surface area contributed by atoms with Gasteiger partial charge in [-0.25, -0.2) is 9.18 Å². The SMILES string of the molecule is Cc1ccc(Cl)c(Oc2ccc(C(=O)O)cc2F)c1. The Morgan fingerprint density at radius 3 is 2.58 bits per heavy atom. The van der Waals surface area contributed by atoms with Gasteiger partial charge in [-0.1, -0.05) is 17.7 Å². The van der Waals surface area contributed by atoms with Crippen LogP contribution in [0.3, 0.4) is 0 Å². The second-order valence-electron chi connectivity index (χ2n) is 3.99. The maximum atomic E-state index is 13.7. The first-order valence-electron chi connectivity index (χ1n) is 5.44. The summed E-state index contributed by atoms with van der Waals surface area (Å²) in [5.74, 6) is -1.70. The number of hydrogen-bond donors (Lipinski definition) is 1. The van der Waals surface area contributed by atoms with Gasteiger partial charge in [-0.05, 0) is 42.8 Å². The summed E-state index contributed by atoms with van der Waals surface area (Å²) in [5.41, 5.74) is 0.780. The van der Waals surface area contributed by atoms with E-state index in [-0.39, 0.29) is 11.3 Å². The van der Waals surface area contributed by atoms with Crippen LogP contribution in [0, 0.1) is 12.7 Å². The number of halogens is 2. The smallest absolute Gasteiger partial charge is 0.335 e. The van der Waals surface area contributed by atoms with E-state index in [1.807, 2.05) is 6.92 Å². The van der Waals surface area contributed by atoms with Gasteiger partial charge in [0.15, 0.2) is 11.6 Å². The first kappa shape index (κ1) is 13.4. The van der Waals surface area contributed by atoms with Gasteiger partial charge in [0.25, 0.3) is 0 Å². The quantitative estimate of drug-likeness (QED) is 0.913. The van der Waals surface area contributed by atoms with Crippen LogP contribution in [0.25, 0.3) is 0 Å². The average Bonchev–Trinajstić information content (AvgIpc) is 2.36. The van der Waals surface area contributed by atoms with Crippen molar-refractivity contribution < 1.29 is 19.0 Å². The molecule has 0 unspecified atom stereocenters. The Hall–Kier alpha value is -2.07. The van der Waals surface area contributed by atoms with Crippen molar-refractivity contribution in [2.75, 3.05) is 0 Å². The molecular formula is C14H10ClFO3.